The molecule has 0 spiro atoms. The molecule has 0 aliphatic heterocycles. The monoisotopic (exact) mass is 428 g/mol. The second-order valence-corrected chi connectivity index (χ2v) is 7.92. The van der Waals surface area contributed by atoms with Crippen molar-refractivity contribution >= 4 is 0 Å². The first kappa shape index (κ1) is 21.8. The molecule has 0 aliphatic carbocycles. The van der Waals surface area contributed by atoms with E-state index in [1.54, 1.807) is 0 Å². The summed E-state index contributed by atoms with van der Waals surface area (Å²) in [4.78, 5) is 0. The zero-order valence-electron chi connectivity index (χ0n) is 18.7. The maximum atomic E-state index is 5.98. The van der Waals surface area contributed by atoms with Crippen molar-refractivity contribution in [1.82, 2.24) is 0 Å². The normalized spacial score (nSPS) is 10.7. The van der Waals surface area contributed by atoms with E-state index in [0.717, 1.165) is 22.6 Å². The van der Waals surface area contributed by atoms with Gasteiger partial charge >= 0.3 is 0 Å². The summed E-state index contributed by atoms with van der Waals surface area (Å²) in [5.41, 5.74) is 3.03. The quantitative estimate of drug-likeness (QED) is 0.297. The van der Waals surface area contributed by atoms with Crippen LogP contribution in [0, 0.1) is 38.5 Å². The van der Waals surface area contributed by atoms with Crippen LogP contribution < -0.4 is 9.47 Å². The molecular weight excluding hydrogens is 404 g/mol. The van der Waals surface area contributed by atoms with Gasteiger partial charge in [-0.1, -0.05) is 71.5 Å². The van der Waals surface area contributed by atoms with Gasteiger partial charge in [0.25, 0.3) is 0 Å². The van der Waals surface area contributed by atoms with Crippen LogP contribution in [0.1, 0.15) is 22.3 Å². The SMILES string of the molecule is C#CC(C#C)(c1ccc(Oc2ccc(C)cc2)cc1)c1ccc(Oc2ccc(C)cc2)cc1. The fourth-order valence-corrected chi connectivity index (χ4v) is 3.57. The van der Waals surface area contributed by atoms with Gasteiger partial charge in [-0.15, -0.1) is 12.8 Å². The molecule has 2 nitrogen and oxygen atoms in total. The van der Waals surface area contributed by atoms with Crippen LogP contribution in [0.3, 0.4) is 0 Å². The van der Waals surface area contributed by atoms with Gasteiger partial charge in [0.1, 0.15) is 28.4 Å². The van der Waals surface area contributed by atoms with Crippen LogP contribution in [0.4, 0.5) is 0 Å². The first-order chi connectivity index (χ1) is 16.0. The fourth-order valence-electron chi connectivity index (χ4n) is 3.57. The smallest absolute Gasteiger partial charge is 0.141 e. The van der Waals surface area contributed by atoms with Crippen LogP contribution in [-0.2, 0) is 5.41 Å². The minimum absolute atomic E-state index is 0.715. The molecule has 4 rings (SSSR count). The Hall–Kier alpha value is -4.40. The predicted molar refractivity (Wildman–Crippen MR) is 134 cm³/mol. The van der Waals surface area contributed by atoms with Crippen LogP contribution in [0.5, 0.6) is 23.0 Å². The molecule has 0 atom stereocenters. The van der Waals surface area contributed by atoms with Crippen LogP contribution in [0.15, 0.2) is 97.1 Å². The van der Waals surface area contributed by atoms with Crippen molar-refractivity contribution in [2.24, 2.45) is 0 Å². The third-order valence-corrected chi connectivity index (χ3v) is 5.52. The van der Waals surface area contributed by atoms with Gasteiger partial charge < -0.3 is 9.47 Å². The van der Waals surface area contributed by atoms with Crippen LogP contribution in [0.2, 0.25) is 0 Å². The molecular formula is C31H24O2. The highest BCUT2D eigenvalue weighted by atomic mass is 16.5. The Bertz CT molecular complexity index is 1190. The number of aryl methyl sites for hydroxylation is 2. The van der Waals surface area contributed by atoms with Gasteiger partial charge in [0.15, 0.2) is 0 Å². The number of hydrogen-bond acceptors (Lipinski definition) is 2. The van der Waals surface area contributed by atoms with Gasteiger partial charge in [-0.3, -0.25) is 0 Å². The number of ether oxygens (including phenoxy) is 2. The number of rotatable bonds is 6. The minimum atomic E-state index is -0.995. The molecule has 0 saturated heterocycles. The summed E-state index contributed by atoms with van der Waals surface area (Å²) < 4.78 is 11.9. The third-order valence-electron chi connectivity index (χ3n) is 5.52. The second kappa shape index (κ2) is 9.39. The van der Waals surface area contributed by atoms with E-state index in [-0.39, 0.29) is 0 Å². The number of benzene rings is 4. The lowest BCUT2D eigenvalue weighted by atomic mass is 9.76. The molecule has 4 aromatic carbocycles. The fraction of sp³-hybridized carbons (Fsp3) is 0.0968. The highest BCUT2D eigenvalue weighted by Crippen LogP contribution is 2.34. The molecule has 0 fully saturated rings. The summed E-state index contributed by atoms with van der Waals surface area (Å²) in [5.74, 6) is 8.64. The molecule has 0 radical (unpaired) electrons. The number of terminal acetylenes is 2. The van der Waals surface area contributed by atoms with E-state index in [1.807, 2.05) is 111 Å². The molecule has 0 saturated carbocycles. The Kier molecular flexibility index (Phi) is 6.21. The van der Waals surface area contributed by atoms with E-state index in [4.69, 9.17) is 22.3 Å². The summed E-state index contributed by atoms with van der Waals surface area (Å²) in [6.45, 7) is 4.08. The van der Waals surface area contributed by atoms with Gasteiger partial charge in [0.2, 0.25) is 0 Å². The first-order valence-corrected chi connectivity index (χ1v) is 10.7. The number of hydrogen-bond donors (Lipinski definition) is 0. The molecule has 160 valence electrons. The van der Waals surface area contributed by atoms with Crippen molar-refractivity contribution in [2.75, 3.05) is 0 Å². The van der Waals surface area contributed by atoms with Gasteiger partial charge in [-0.2, -0.15) is 0 Å². The minimum Gasteiger partial charge on any atom is -0.457 e. The largest absolute Gasteiger partial charge is 0.457 e. The van der Waals surface area contributed by atoms with Gasteiger partial charge in [-0.25, -0.2) is 0 Å². The summed E-state index contributed by atoms with van der Waals surface area (Å²) in [7, 11) is 0. The van der Waals surface area contributed by atoms with Crippen molar-refractivity contribution < 1.29 is 9.47 Å². The van der Waals surface area contributed by atoms with Gasteiger partial charge in [0.05, 0.1) is 0 Å². The highest BCUT2D eigenvalue weighted by Gasteiger charge is 2.30. The summed E-state index contributed by atoms with van der Waals surface area (Å²) >= 11 is 0. The van der Waals surface area contributed by atoms with Crippen molar-refractivity contribution in [3.05, 3.63) is 119 Å². The lowest BCUT2D eigenvalue weighted by Crippen LogP contribution is -2.23. The topological polar surface area (TPSA) is 18.5 Å². The van der Waals surface area contributed by atoms with E-state index >= 15 is 0 Å². The van der Waals surface area contributed by atoms with E-state index in [0.29, 0.717) is 11.5 Å². The van der Waals surface area contributed by atoms with E-state index < -0.39 is 5.41 Å². The maximum Gasteiger partial charge on any atom is 0.141 e. The van der Waals surface area contributed by atoms with E-state index in [9.17, 15) is 0 Å². The molecule has 33 heavy (non-hydrogen) atoms. The Morgan fingerprint density at radius 2 is 0.758 bits per heavy atom. The van der Waals surface area contributed by atoms with Crippen LogP contribution in [0.25, 0.3) is 0 Å². The van der Waals surface area contributed by atoms with Gasteiger partial charge in [0, 0.05) is 0 Å². The second-order valence-electron chi connectivity index (χ2n) is 7.92. The van der Waals surface area contributed by atoms with E-state index in [1.165, 1.54) is 11.1 Å². The van der Waals surface area contributed by atoms with E-state index in [2.05, 4.69) is 11.8 Å². The van der Waals surface area contributed by atoms with Crippen LogP contribution in [-0.4, -0.2) is 0 Å². The van der Waals surface area contributed by atoms with Crippen LogP contribution >= 0.6 is 0 Å². The zero-order valence-corrected chi connectivity index (χ0v) is 18.7. The van der Waals surface area contributed by atoms with Gasteiger partial charge in [-0.05, 0) is 73.5 Å². The molecule has 0 amide bonds. The molecule has 0 aliphatic rings. The molecule has 0 bridgehead atoms. The lowest BCUT2D eigenvalue weighted by Gasteiger charge is -2.24. The third kappa shape index (κ3) is 4.77. The van der Waals surface area contributed by atoms with Crippen molar-refractivity contribution in [2.45, 2.75) is 19.3 Å². The molecule has 4 aromatic rings. The summed E-state index contributed by atoms with van der Waals surface area (Å²) in [5, 5.41) is 0. The van der Waals surface area contributed by atoms with Crippen molar-refractivity contribution in [3.8, 4) is 47.7 Å². The average molecular weight is 429 g/mol. The first-order valence-electron chi connectivity index (χ1n) is 10.7. The molecule has 0 unspecified atom stereocenters. The standard InChI is InChI=1S/C31H24O2/c1-5-31(6-2,25-11-19-29(20-12-25)32-27-15-7-23(3)8-16-27)26-13-21-30(22-14-26)33-28-17-9-24(4)10-18-28/h1-2,7-22H,3-4H3. The molecule has 0 N–H and O–H groups in total. The Balaban J connectivity index is 1.56. The Morgan fingerprint density at radius 3 is 1.03 bits per heavy atom. The van der Waals surface area contributed by atoms with Crippen molar-refractivity contribution in [1.29, 1.82) is 0 Å². The molecule has 0 heterocycles. The predicted octanol–water partition coefficient (Wildman–Crippen LogP) is 7.44. The van der Waals surface area contributed by atoms with Crippen molar-refractivity contribution in [3.63, 3.8) is 0 Å². The zero-order chi connectivity index (χ0) is 23.3. The molecule has 0 aromatic heterocycles. The maximum absolute atomic E-state index is 5.98. The Morgan fingerprint density at radius 1 is 0.485 bits per heavy atom. The molecule has 2 heteroatoms. The Labute approximate surface area is 195 Å². The average Bonchev–Trinajstić information content (AvgIpc) is 2.85. The lowest BCUT2D eigenvalue weighted by molar-refractivity contribution is 0.482. The summed E-state index contributed by atoms with van der Waals surface area (Å²) in [6.07, 6.45) is 12.0. The highest BCUT2D eigenvalue weighted by molar-refractivity contribution is 5.57. The summed E-state index contributed by atoms with van der Waals surface area (Å²) in [6, 6.07) is 31.0.